The van der Waals surface area contributed by atoms with Gasteiger partial charge in [0.2, 0.25) is 0 Å². The number of pyridine rings is 1. The van der Waals surface area contributed by atoms with Gasteiger partial charge < -0.3 is 4.98 Å². The van der Waals surface area contributed by atoms with Crippen LogP contribution in [0.3, 0.4) is 0 Å². The Morgan fingerprint density at radius 3 is 2.86 bits per heavy atom. The molecule has 0 amide bonds. The molecule has 0 aliphatic rings. The average Bonchev–Trinajstić information content (AvgIpc) is 2.23. The minimum Gasteiger partial charge on any atom is -0.301 e. The number of nitrogens with zero attached hydrogens (tertiary/aromatic N) is 2. The first kappa shape index (κ1) is 8.55. The highest BCUT2D eigenvalue weighted by Crippen LogP contribution is 2.14. The molecule has 0 unspecified atom stereocenters. The van der Waals surface area contributed by atoms with Gasteiger partial charge in [-0.2, -0.15) is 4.98 Å². The standard InChI is InChI=1S/C9H6FN3O/c10-6-5-12-9(14)13-8(6)7-3-1-2-4-11-7/h1-5H,(H,12,13,14). The fourth-order valence-corrected chi connectivity index (χ4v) is 1.08. The highest BCUT2D eigenvalue weighted by Gasteiger charge is 2.06. The molecule has 0 aromatic carbocycles. The van der Waals surface area contributed by atoms with E-state index in [9.17, 15) is 9.18 Å². The van der Waals surface area contributed by atoms with Crippen LogP contribution in [0.25, 0.3) is 11.4 Å². The number of aromatic amines is 1. The van der Waals surface area contributed by atoms with E-state index in [1.807, 2.05) is 0 Å². The summed E-state index contributed by atoms with van der Waals surface area (Å²) in [4.78, 5) is 20.3. The molecule has 4 nitrogen and oxygen atoms in total. The van der Waals surface area contributed by atoms with Gasteiger partial charge in [0.25, 0.3) is 0 Å². The molecule has 2 aromatic rings. The van der Waals surface area contributed by atoms with Crippen molar-refractivity contribution in [3.8, 4) is 11.4 Å². The summed E-state index contributed by atoms with van der Waals surface area (Å²) in [6.07, 6.45) is 2.40. The molecule has 0 radical (unpaired) electrons. The normalized spacial score (nSPS) is 10.1. The van der Waals surface area contributed by atoms with E-state index in [1.54, 1.807) is 18.2 Å². The summed E-state index contributed by atoms with van der Waals surface area (Å²) >= 11 is 0. The van der Waals surface area contributed by atoms with E-state index in [4.69, 9.17) is 0 Å². The molecule has 0 fully saturated rings. The molecule has 0 aliphatic heterocycles. The monoisotopic (exact) mass is 191 g/mol. The van der Waals surface area contributed by atoms with Crippen molar-refractivity contribution in [2.24, 2.45) is 0 Å². The SMILES string of the molecule is O=c1ncc(F)c(-c2ccccn2)[nH]1. The Morgan fingerprint density at radius 2 is 2.14 bits per heavy atom. The van der Waals surface area contributed by atoms with Crippen molar-refractivity contribution >= 4 is 0 Å². The van der Waals surface area contributed by atoms with E-state index in [0.717, 1.165) is 6.20 Å². The molecule has 1 N–H and O–H groups in total. The third kappa shape index (κ3) is 1.52. The maximum absolute atomic E-state index is 13.2. The van der Waals surface area contributed by atoms with E-state index in [2.05, 4.69) is 15.0 Å². The van der Waals surface area contributed by atoms with Crippen LogP contribution in [-0.2, 0) is 0 Å². The number of aromatic nitrogens is 3. The molecule has 70 valence electrons. The van der Waals surface area contributed by atoms with E-state index in [-0.39, 0.29) is 5.69 Å². The van der Waals surface area contributed by atoms with Crippen LogP contribution < -0.4 is 5.69 Å². The first-order valence-corrected chi connectivity index (χ1v) is 3.93. The second-order valence-corrected chi connectivity index (χ2v) is 2.63. The molecule has 2 aromatic heterocycles. The first-order chi connectivity index (χ1) is 6.77. The molecule has 5 heteroatoms. The van der Waals surface area contributed by atoms with Gasteiger partial charge in [0.15, 0.2) is 5.82 Å². The van der Waals surface area contributed by atoms with Crippen LogP contribution in [0.1, 0.15) is 0 Å². The lowest BCUT2D eigenvalue weighted by molar-refractivity contribution is 0.614. The van der Waals surface area contributed by atoms with Gasteiger partial charge in [0.05, 0.1) is 11.9 Å². The van der Waals surface area contributed by atoms with Crippen LogP contribution in [0.4, 0.5) is 4.39 Å². The number of halogens is 1. The first-order valence-electron chi connectivity index (χ1n) is 3.93. The highest BCUT2D eigenvalue weighted by molar-refractivity contribution is 5.53. The van der Waals surface area contributed by atoms with Gasteiger partial charge in [-0.05, 0) is 12.1 Å². The highest BCUT2D eigenvalue weighted by atomic mass is 19.1. The van der Waals surface area contributed by atoms with Gasteiger partial charge in [-0.3, -0.25) is 4.98 Å². The number of hydrogen-bond donors (Lipinski definition) is 1. The van der Waals surface area contributed by atoms with E-state index >= 15 is 0 Å². The van der Waals surface area contributed by atoms with Crippen LogP contribution in [0.2, 0.25) is 0 Å². The van der Waals surface area contributed by atoms with Gasteiger partial charge in [0.1, 0.15) is 5.69 Å². The van der Waals surface area contributed by atoms with Crippen LogP contribution in [0.15, 0.2) is 35.4 Å². The number of H-pyrrole nitrogens is 1. The predicted molar refractivity (Wildman–Crippen MR) is 48.0 cm³/mol. The minimum absolute atomic E-state index is 0.0607. The molecule has 0 saturated carbocycles. The Bertz CT molecular complexity index is 495. The van der Waals surface area contributed by atoms with Gasteiger partial charge in [-0.1, -0.05) is 6.07 Å². The molecule has 2 rings (SSSR count). The molecule has 0 saturated heterocycles. The van der Waals surface area contributed by atoms with Crippen molar-refractivity contribution in [2.45, 2.75) is 0 Å². The molecular formula is C9H6FN3O. The maximum atomic E-state index is 13.2. The lowest BCUT2D eigenvalue weighted by atomic mass is 10.2. The minimum atomic E-state index is -0.594. The Kier molecular flexibility index (Phi) is 2.06. The van der Waals surface area contributed by atoms with Gasteiger partial charge in [-0.25, -0.2) is 9.18 Å². The van der Waals surface area contributed by atoms with E-state index in [0.29, 0.717) is 5.69 Å². The van der Waals surface area contributed by atoms with Gasteiger partial charge in [-0.15, -0.1) is 0 Å². The lowest BCUT2D eigenvalue weighted by Crippen LogP contribution is -2.12. The van der Waals surface area contributed by atoms with E-state index in [1.165, 1.54) is 6.20 Å². The Morgan fingerprint density at radius 1 is 1.29 bits per heavy atom. The average molecular weight is 191 g/mol. The molecular weight excluding hydrogens is 185 g/mol. The molecule has 0 atom stereocenters. The summed E-state index contributed by atoms with van der Waals surface area (Å²) in [7, 11) is 0. The van der Waals surface area contributed by atoms with Crippen molar-refractivity contribution < 1.29 is 4.39 Å². The van der Waals surface area contributed by atoms with Crippen molar-refractivity contribution in [1.29, 1.82) is 0 Å². The van der Waals surface area contributed by atoms with Crippen LogP contribution >= 0.6 is 0 Å². The Labute approximate surface area is 78.5 Å². The number of nitrogens with one attached hydrogen (secondary N) is 1. The van der Waals surface area contributed by atoms with E-state index < -0.39 is 11.5 Å². The largest absolute Gasteiger partial charge is 0.345 e. The third-order valence-electron chi connectivity index (χ3n) is 1.69. The zero-order valence-electron chi connectivity index (χ0n) is 7.07. The van der Waals surface area contributed by atoms with Crippen molar-refractivity contribution in [3.05, 3.63) is 46.9 Å². The molecule has 14 heavy (non-hydrogen) atoms. The fourth-order valence-electron chi connectivity index (χ4n) is 1.08. The van der Waals surface area contributed by atoms with Crippen molar-refractivity contribution in [1.82, 2.24) is 15.0 Å². The Balaban J connectivity index is 2.62. The Hall–Kier alpha value is -2.04. The quantitative estimate of drug-likeness (QED) is 0.730. The topological polar surface area (TPSA) is 58.6 Å². The fraction of sp³-hybridized carbons (Fsp3) is 0. The summed E-state index contributed by atoms with van der Waals surface area (Å²) in [5.74, 6) is -0.594. The summed E-state index contributed by atoms with van der Waals surface area (Å²) in [6, 6.07) is 5.02. The zero-order valence-corrected chi connectivity index (χ0v) is 7.07. The number of hydrogen-bond acceptors (Lipinski definition) is 3. The summed E-state index contributed by atoms with van der Waals surface area (Å²) < 4.78 is 13.2. The van der Waals surface area contributed by atoms with Crippen LogP contribution in [0, 0.1) is 5.82 Å². The maximum Gasteiger partial charge on any atom is 0.345 e. The van der Waals surface area contributed by atoms with Gasteiger partial charge >= 0.3 is 5.69 Å². The smallest absolute Gasteiger partial charge is 0.301 e. The second-order valence-electron chi connectivity index (χ2n) is 2.63. The number of rotatable bonds is 1. The van der Waals surface area contributed by atoms with Crippen LogP contribution in [-0.4, -0.2) is 15.0 Å². The predicted octanol–water partition coefficient (Wildman–Crippen LogP) is 0.971. The zero-order chi connectivity index (χ0) is 9.97. The third-order valence-corrected chi connectivity index (χ3v) is 1.69. The lowest BCUT2D eigenvalue weighted by Gasteiger charge is -1.99. The molecule has 0 bridgehead atoms. The van der Waals surface area contributed by atoms with Crippen molar-refractivity contribution in [3.63, 3.8) is 0 Å². The summed E-state index contributed by atoms with van der Waals surface area (Å²) in [5.41, 5.74) is -0.151. The summed E-state index contributed by atoms with van der Waals surface area (Å²) in [5, 5.41) is 0. The summed E-state index contributed by atoms with van der Waals surface area (Å²) in [6.45, 7) is 0. The van der Waals surface area contributed by atoms with Gasteiger partial charge in [0, 0.05) is 6.20 Å². The molecule has 0 spiro atoms. The van der Waals surface area contributed by atoms with Crippen molar-refractivity contribution in [2.75, 3.05) is 0 Å². The second kappa shape index (κ2) is 3.37. The molecule has 2 heterocycles. The molecule has 0 aliphatic carbocycles. The van der Waals surface area contributed by atoms with Crippen LogP contribution in [0.5, 0.6) is 0 Å².